The highest BCUT2D eigenvalue weighted by atomic mass is 32.2. The zero-order chi connectivity index (χ0) is 22.7. The van der Waals surface area contributed by atoms with E-state index in [0.717, 1.165) is 29.9 Å². The summed E-state index contributed by atoms with van der Waals surface area (Å²) in [7, 11) is -3.79. The van der Waals surface area contributed by atoms with Crippen molar-refractivity contribution in [2.75, 3.05) is 23.3 Å². The molecule has 0 aliphatic carbocycles. The second kappa shape index (κ2) is 9.35. The Balaban J connectivity index is 1.31. The minimum absolute atomic E-state index is 0.140. The molecule has 4 rings (SSSR count). The van der Waals surface area contributed by atoms with Crippen molar-refractivity contribution in [3.05, 3.63) is 65.2 Å². The standard InChI is InChI=1S/C22H25N5O3S2/c1-15-8-3-5-10-18(15)20(28)24-21-25-26-22(31-21)32(29,30)23-12-7-13-27-16(2)14-17-9-4-6-11-19(17)27/h3-6,8-11,16,23H,7,12-14H2,1-2H3,(H,24,25,28)/t16-/m0/s1. The van der Waals surface area contributed by atoms with Crippen molar-refractivity contribution in [2.24, 2.45) is 0 Å². The molecule has 1 amide bonds. The van der Waals surface area contributed by atoms with Gasteiger partial charge in [0.1, 0.15) is 0 Å². The van der Waals surface area contributed by atoms with Crippen LogP contribution < -0.4 is 14.9 Å². The number of nitrogens with one attached hydrogen (secondary N) is 2. The fourth-order valence-corrected chi connectivity index (χ4v) is 5.86. The molecule has 1 aromatic heterocycles. The molecule has 2 aromatic carbocycles. The Hall–Kier alpha value is -2.82. The minimum Gasteiger partial charge on any atom is -0.368 e. The van der Waals surface area contributed by atoms with E-state index in [-0.39, 0.29) is 21.9 Å². The molecule has 10 heteroatoms. The van der Waals surface area contributed by atoms with Crippen LogP contribution in [0.3, 0.4) is 0 Å². The number of sulfonamides is 1. The number of hydrogen-bond donors (Lipinski definition) is 2. The second-order valence-corrected chi connectivity index (χ2v) is 10.7. The molecule has 0 bridgehead atoms. The van der Waals surface area contributed by atoms with Crippen molar-refractivity contribution in [1.82, 2.24) is 14.9 Å². The molecule has 8 nitrogen and oxygen atoms in total. The first-order valence-electron chi connectivity index (χ1n) is 10.4. The molecule has 1 aliphatic rings. The third-order valence-corrected chi connectivity index (χ3v) is 8.13. The highest BCUT2D eigenvalue weighted by Crippen LogP contribution is 2.31. The summed E-state index contributed by atoms with van der Waals surface area (Å²) in [4.78, 5) is 14.7. The lowest BCUT2D eigenvalue weighted by molar-refractivity contribution is 0.102. The average Bonchev–Trinajstić information content (AvgIpc) is 3.36. The van der Waals surface area contributed by atoms with Gasteiger partial charge in [0, 0.05) is 30.4 Å². The molecule has 32 heavy (non-hydrogen) atoms. The number of carbonyl (C=O) groups excluding carboxylic acids is 1. The van der Waals surface area contributed by atoms with E-state index < -0.39 is 10.0 Å². The van der Waals surface area contributed by atoms with Crippen molar-refractivity contribution in [2.45, 2.75) is 37.1 Å². The summed E-state index contributed by atoms with van der Waals surface area (Å²) in [5.74, 6) is -0.351. The highest BCUT2D eigenvalue weighted by Gasteiger charge is 2.25. The van der Waals surface area contributed by atoms with Crippen LogP contribution in [-0.4, -0.2) is 43.7 Å². The lowest BCUT2D eigenvalue weighted by Crippen LogP contribution is -2.33. The smallest absolute Gasteiger partial charge is 0.269 e. The largest absolute Gasteiger partial charge is 0.368 e. The van der Waals surface area contributed by atoms with Crippen molar-refractivity contribution in [1.29, 1.82) is 0 Å². The van der Waals surface area contributed by atoms with Crippen molar-refractivity contribution in [3.8, 4) is 0 Å². The molecule has 0 spiro atoms. The molecule has 2 N–H and O–H groups in total. The zero-order valence-corrected chi connectivity index (χ0v) is 19.5. The lowest BCUT2D eigenvalue weighted by atomic mass is 10.1. The number of para-hydroxylation sites is 1. The van der Waals surface area contributed by atoms with Crippen LogP contribution in [0.2, 0.25) is 0 Å². The van der Waals surface area contributed by atoms with Gasteiger partial charge in [0.25, 0.3) is 15.9 Å². The number of hydrogen-bond acceptors (Lipinski definition) is 7. The van der Waals surface area contributed by atoms with E-state index in [4.69, 9.17) is 0 Å². The van der Waals surface area contributed by atoms with Crippen molar-refractivity contribution >= 4 is 38.1 Å². The summed E-state index contributed by atoms with van der Waals surface area (Å²) < 4.78 is 27.6. The van der Waals surface area contributed by atoms with Gasteiger partial charge in [-0.2, -0.15) is 0 Å². The van der Waals surface area contributed by atoms with E-state index in [1.807, 2.05) is 31.2 Å². The molecule has 0 saturated heterocycles. The Morgan fingerprint density at radius 1 is 1.16 bits per heavy atom. The van der Waals surface area contributed by atoms with E-state index in [1.54, 1.807) is 12.1 Å². The van der Waals surface area contributed by atoms with Gasteiger partial charge in [-0.05, 0) is 49.9 Å². The topological polar surface area (TPSA) is 104 Å². The van der Waals surface area contributed by atoms with Crippen LogP contribution >= 0.6 is 11.3 Å². The van der Waals surface area contributed by atoms with Crippen LogP contribution in [-0.2, 0) is 16.4 Å². The molecule has 2 heterocycles. The number of aromatic nitrogens is 2. The number of amides is 1. The van der Waals surface area contributed by atoms with Gasteiger partial charge in [-0.3, -0.25) is 10.1 Å². The zero-order valence-electron chi connectivity index (χ0n) is 17.9. The van der Waals surface area contributed by atoms with Gasteiger partial charge in [-0.25, -0.2) is 13.1 Å². The normalized spacial score (nSPS) is 15.6. The predicted octanol–water partition coefficient (Wildman–Crippen LogP) is 3.22. The van der Waals surface area contributed by atoms with Gasteiger partial charge < -0.3 is 4.90 Å². The average molecular weight is 472 g/mol. The molecule has 0 unspecified atom stereocenters. The number of anilines is 2. The van der Waals surface area contributed by atoms with Crippen LogP contribution in [0, 0.1) is 6.92 Å². The summed E-state index contributed by atoms with van der Waals surface area (Å²) >= 11 is 0.828. The Bertz CT molecular complexity index is 1230. The van der Waals surface area contributed by atoms with Gasteiger partial charge in [-0.15, -0.1) is 10.2 Å². The molecular formula is C22H25N5O3S2. The van der Waals surface area contributed by atoms with Crippen molar-refractivity contribution in [3.63, 3.8) is 0 Å². The molecule has 0 fully saturated rings. The molecule has 0 radical (unpaired) electrons. The van der Waals surface area contributed by atoms with E-state index in [2.05, 4.69) is 44.2 Å². The summed E-state index contributed by atoms with van der Waals surface area (Å²) in [6, 6.07) is 15.9. The van der Waals surface area contributed by atoms with Gasteiger partial charge in [0.05, 0.1) is 0 Å². The second-order valence-electron chi connectivity index (χ2n) is 7.77. The summed E-state index contributed by atoms with van der Waals surface area (Å²) in [5.41, 5.74) is 3.87. The van der Waals surface area contributed by atoms with Gasteiger partial charge in [0.2, 0.25) is 9.47 Å². The minimum atomic E-state index is -3.79. The quantitative estimate of drug-likeness (QED) is 0.386. The number of benzene rings is 2. The molecule has 3 aromatic rings. The maximum Gasteiger partial charge on any atom is 0.269 e. The summed E-state index contributed by atoms with van der Waals surface area (Å²) in [6.07, 6.45) is 1.66. The Labute approximate surface area is 191 Å². The third-order valence-electron chi connectivity index (χ3n) is 5.46. The van der Waals surface area contributed by atoms with Crippen LogP contribution in [0.5, 0.6) is 0 Å². The first kappa shape index (κ1) is 22.4. The summed E-state index contributed by atoms with van der Waals surface area (Å²) in [5, 5.41) is 10.3. The van der Waals surface area contributed by atoms with E-state index in [9.17, 15) is 13.2 Å². The third kappa shape index (κ3) is 4.82. The number of fused-ring (bicyclic) bond motifs is 1. The van der Waals surface area contributed by atoms with E-state index in [1.165, 1.54) is 11.3 Å². The predicted molar refractivity (Wildman–Crippen MR) is 126 cm³/mol. The number of aryl methyl sites for hydroxylation is 1. The number of carbonyl (C=O) groups is 1. The Morgan fingerprint density at radius 2 is 1.91 bits per heavy atom. The fourth-order valence-electron chi connectivity index (χ4n) is 3.85. The van der Waals surface area contributed by atoms with E-state index >= 15 is 0 Å². The first-order valence-corrected chi connectivity index (χ1v) is 12.7. The Morgan fingerprint density at radius 3 is 2.72 bits per heavy atom. The lowest BCUT2D eigenvalue weighted by Gasteiger charge is -2.24. The number of nitrogens with zero attached hydrogens (tertiary/aromatic N) is 3. The molecule has 168 valence electrons. The number of rotatable bonds is 8. The van der Waals surface area contributed by atoms with Gasteiger partial charge in [-0.1, -0.05) is 47.7 Å². The molecule has 1 aliphatic heterocycles. The fraction of sp³-hybridized carbons (Fsp3) is 0.318. The van der Waals surface area contributed by atoms with Crippen LogP contribution in [0.1, 0.15) is 34.8 Å². The molecular weight excluding hydrogens is 446 g/mol. The Kier molecular flexibility index (Phi) is 6.54. The van der Waals surface area contributed by atoms with Gasteiger partial charge >= 0.3 is 0 Å². The summed E-state index contributed by atoms with van der Waals surface area (Å²) in [6.45, 7) is 5.06. The van der Waals surface area contributed by atoms with Crippen LogP contribution in [0.4, 0.5) is 10.8 Å². The SMILES string of the molecule is Cc1ccccc1C(=O)Nc1nnc(S(=O)(=O)NCCCN2c3ccccc3C[C@@H]2C)s1. The maximum atomic E-state index is 12.6. The van der Waals surface area contributed by atoms with Crippen molar-refractivity contribution < 1.29 is 13.2 Å². The molecule has 1 atom stereocenters. The van der Waals surface area contributed by atoms with Crippen LogP contribution in [0.25, 0.3) is 0 Å². The monoisotopic (exact) mass is 471 g/mol. The first-order chi connectivity index (χ1) is 15.3. The highest BCUT2D eigenvalue weighted by molar-refractivity contribution is 7.91. The van der Waals surface area contributed by atoms with Crippen LogP contribution in [0.15, 0.2) is 52.9 Å². The van der Waals surface area contributed by atoms with E-state index in [0.29, 0.717) is 18.0 Å². The maximum absolute atomic E-state index is 12.6. The van der Waals surface area contributed by atoms with Gasteiger partial charge in [0.15, 0.2) is 0 Å². The molecule has 0 saturated carbocycles.